The second-order valence-electron chi connectivity index (χ2n) is 7.35. The summed E-state index contributed by atoms with van der Waals surface area (Å²) in [5.74, 6) is -3.06. The van der Waals surface area contributed by atoms with Gasteiger partial charge in [0.25, 0.3) is 0 Å². The van der Waals surface area contributed by atoms with Crippen molar-refractivity contribution in [2.24, 2.45) is 0 Å². The van der Waals surface area contributed by atoms with E-state index in [0.29, 0.717) is 22.8 Å². The van der Waals surface area contributed by atoms with Crippen molar-refractivity contribution in [1.29, 1.82) is 0 Å². The molecule has 0 bridgehead atoms. The molecule has 3 aromatic heterocycles. The van der Waals surface area contributed by atoms with E-state index in [2.05, 4.69) is 4.98 Å². The fourth-order valence-corrected chi connectivity index (χ4v) is 3.87. The molecule has 0 saturated carbocycles. The number of rotatable bonds is 4. The Balaban J connectivity index is 1.60. The lowest BCUT2D eigenvalue weighted by Crippen LogP contribution is -1.96. The first kappa shape index (κ1) is 20.2. The van der Waals surface area contributed by atoms with Crippen LogP contribution in [0.2, 0.25) is 5.02 Å². The average molecular weight is 448 g/mol. The number of hydrogen-bond donors (Lipinski definition) is 1. The van der Waals surface area contributed by atoms with Gasteiger partial charge in [-0.2, -0.15) is 5.10 Å². The van der Waals surface area contributed by atoms with Gasteiger partial charge in [-0.05, 0) is 36.4 Å². The van der Waals surface area contributed by atoms with Crippen molar-refractivity contribution < 1.29 is 13.9 Å². The molecular weight excluding hydrogens is 432 g/mol. The highest BCUT2D eigenvalue weighted by atomic mass is 35.5. The Morgan fingerprint density at radius 3 is 2.38 bits per heavy atom. The largest absolute Gasteiger partial charge is 0.503 e. The van der Waals surface area contributed by atoms with Gasteiger partial charge < -0.3 is 5.11 Å². The maximum absolute atomic E-state index is 13.8. The van der Waals surface area contributed by atoms with E-state index < -0.39 is 17.4 Å². The van der Waals surface area contributed by atoms with Gasteiger partial charge in [-0.15, -0.1) is 0 Å². The second-order valence-corrected chi connectivity index (χ2v) is 7.79. The van der Waals surface area contributed by atoms with E-state index in [-0.39, 0.29) is 5.56 Å². The molecule has 0 aliphatic rings. The lowest BCUT2D eigenvalue weighted by atomic mass is 10.0. The summed E-state index contributed by atoms with van der Waals surface area (Å²) in [6, 6.07) is 21.0. The van der Waals surface area contributed by atoms with E-state index in [4.69, 9.17) is 16.7 Å². The highest BCUT2D eigenvalue weighted by Gasteiger charge is 2.17. The molecule has 0 amide bonds. The fraction of sp³-hybridized carbons (Fsp3) is 0.0400. The molecule has 1 N–H and O–H groups in total. The van der Waals surface area contributed by atoms with Crippen LogP contribution < -0.4 is 0 Å². The topological polar surface area (TPSA) is 50.4 Å². The number of nitrogens with zero attached hydrogens (tertiary/aromatic N) is 3. The first-order valence-corrected chi connectivity index (χ1v) is 10.2. The van der Waals surface area contributed by atoms with E-state index in [9.17, 15) is 13.9 Å². The summed E-state index contributed by atoms with van der Waals surface area (Å²) in [5, 5.41) is 14.7. The molecule has 0 atom stereocenters. The first-order chi connectivity index (χ1) is 15.5. The van der Waals surface area contributed by atoms with Crippen LogP contribution in [0.1, 0.15) is 11.3 Å². The molecule has 32 heavy (non-hydrogen) atoms. The summed E-state index contributed by atoms with van der Waals surface area (Å²) < 4.78 is 29.4. The van der Waals surface area contributed by atoms with Crippen molar-refractivity contribution in [3.8, 4) is 28.3 Å². The van der Waals surface area contributed by atoms with Crippen molar-refractivity contribution in [3.63, 3.8) is 0 Å². The first-order valence-electron chi connectivity index (χ1n) is 9.86. The van der Waals surface area contributed by atoms with Gasteiger partial charge in [0, 0.05) is 35.0 Å². The Kier molecular flexibility index (Phi) is 5.07. The molecule has 2 aromatic carbocycles. The van der Waals surface area contributed by atoms with Gasteiger partial charge in [0.05, 0.1) is 21.9 Å². The molecule has 0 unspecified atom stereocenters. The Bertz CT molecular complexity index is 1430. The van der Waals surface area contributed by atoms with Gasteiger partial charge in [-0.3, -0.25) is 4.98 Å². The Hall–Kier alpha value is -3.77. The highest BCUT2D eigenvalue weighted by Crippen LogP contribution is 2.30. The molecule has 0 aliphatic heterocycles. The quantitative estimate of drug-likeness (QED) is 0.352. The number of aromatic hydroxyl groups is 1. The van der Waals surface area contributed by atoms with Gasteiger partial charge in [0.1, 0.15) is 0 Å². The Labute approximate surface area is 187 Å². The standard InChI is InChI=1S/C25H16ClF2N3O/c26-17-9-10-23-19(24(30-31(23)14-17)15-5-2-1-3-6-15)13-18-7-4-8-22(29-18)16-11-20(27)25(32)21(28)12-16/h1-12,14,32H,13H2. The minimum atomic E-state index is -1.03. The highest BCUT2D eigenvalue weighted by molar-refractivity contribution is 6.30. The van der Waals surface area contributed by atoms with Crippen LogP contribution in [0.25, 0.3) is 28.0 Å². The molecule has 4 nitrogen and oxygen atoms in total. The smallest absolute Gasteiger partial charge is 0.187 e. The minimum Gasteiger partial charge on any atom is -0.503 e. The van der Waals surface area contributed by atoms with Gasteiger partial charge in [-0.1, -0.05) is 48.0 Å². The summed E-state index contributed by atoms with van der Waals surface area (Å²) in [7, 11) is 0. The number of hydrogen-bond acceptors (Lipinski definition) is 3. The molecule has 3 heterocycles. The summed E-state index contributed by atoms with van der Waals surface area (Å²) in [6.07, 6.45) is 2.20. The maximum atomic E-state index is 13.8. The number of aromatic nitrogens is 3. The van der Waals surface area contributed by atoms with Crippen LogP contribution in [0.5, 0.6) is 5.75 Å². The number of fused-ring (bicyclic) bond motifs is 1. The third-order valence-corrected chi connectivity index (χ3v) is 5.44. The third kappa shape index (κ3) is 3.69. The van der Waals surface area contributed by atoms with Gasteiger partial charge in [0.15, 0.2) is 17.4 Å². The number of halogens is 3. The predicted molar refractivity (Wildman–Crippen MR) is 120 cm³/mol. The van der Waals surface area contributed by atoms with E-state index in [1.165, 1.54) is 0 Å². The lowest BCUT2D eigenvalue weighted by Gasteiger charge is -2.08. The normalized spacial score (nSPS) is 11.2. The molecule has 0 radical (unpaired) electrons. The summed E-state index contributed by atoms with van der Waals surface area (Å²) >= 11 is 6.16. The van der Waals surface area contributed by atoms with Crippen molar-refractivity contribution in [2.45, 2.75) is 6.42 Å². The van der Waals surface area contributed by atoms with Crippen LogP contribution in [0, 0.1) is 11.6 Å². The number of pyridine rings is 2. The van der Waals surface area contributed by atoms with Gasteiger partial charge in [0.2, 0.25) is 0 Å². The predicted octanol–water partition coefficient (Wildman–Crippen LogP) is 6.29. The van der Waals surface area contributed by atoms with Crippen molar-refractivity contribution in [1.82, 2.24) is 14.6 Å². The molecular formula is C25H16ClF2N3O. The van der Waals surface area contributed by atoms with Crippen LogP contribution >= 0.6 is 11.6 Å². The number of phenols is 1. The Morgan fingerprint density at radius 1 is 0.875 bits per heavy atom. The van der Waals surface area contributed by atoms with Crippen LogP contribution in [-0.2, 0) is 6.42 Å². The molecule has 0 saturated heterocycles. The molecule has 158 valence electrons. The fourth-order valence-electron chi connectivity index (χ4n) is 3.71. The molecule has 5 rings (SSSR count). The van der Waals surface area contributed by atoms with E-state index in [0.717, 1.165) is 34.5 Å². The zero-order valence-corrected chi connectivity index (χ0v) is 17.4. The number of benzene rings is 2. The molecule has 7 heteroatoms. The zero-order chi connectivity index (χ0) is 22.2. The molecule has 5 aromatic rings. The monoisotopic (exact) mass is 447 g/mol. The average Bonchev–Trinajstić information content (AvgIpc) is 3.15. The van der Waals surface area contributed by atoms with Gasteiger partial charge in [-0.25, -0.2) is 13.3 Å². The van der Waals surface area contributed by atoms with Crippen molar-refractivity contribution in [2.75, 3.05) is 0 Å². The summed E-state index contributed by atoms with van der Waals surface area (Å²) in [4.78, 5) is 4.61. The lowest BCUT2D eigenvalue weighted by molar-refractivity contribution is 0.396. The van der Waals surface area contributed by atoms with E-state index >= 15 is 0 Å². The third-order valence-electron chi connectivity index (χ3n) is 5.22. The molecule has 0 aliphatic carbocycles. The summed E-state index contributed by atoms with van der Waals surface area (Å²) in [6.45, 7) is 0. The van der Waals surface area contributed by atoms with Crippen LogP contribution in [-0.4, -0.2) is 19.7 Å². The minimum absolute atomic E-state index is 0.245. The zero-order valence-electron chi connectivity index (χ0n) is 16.6. The maximum Gasteiger partial charge on any atom is 0.187 e. The van der Waals surface area contributed by atoms with E-state index in [1.807, 2.05) is 48.5 Å². The van der Waals surface area contributed by atoms with E-state index in [1.54, 1.807) is 22.8 Å². The van der Waals surface area contributed by atoms with Crippen LogP contribution in [0.3, 0.4) is 0 Å². The van der Waals surface area contributed by atoms with Crippen LogP contribution in [0.4, 0.5) is 8.78 Å². The second kappa shape index (κ2) is 8.05. The van der Waals surface area contributed by atoms with Crippen molar-refractivity contribution in [3.05, 3.63) is 107 Å². The van der Waals surface area contributed by atoms with Crippen LogP contribution in [0.15, 0.2) is 79.0 Å². The van der Waals surface area contributed by atoms with Crippen molar-refractivity contribution >= 4 is 17.1 Å². The van der Waals surface area contributed by atoms with Gasteiger partial charge >= 0.3 is 0 Å². The summed E-state index contributed by atoms with van der Waals surface area (Å²) in [5.41, 5.74) is 4.97. The molecule has 0 fully saturated rings. The Morgan fingerprint density at radius 2 is 1.62 bits per heavy atom. The number of phenolic OH excluding ortho intramolecular Hbond substituents is 1. The molecule has 0 spiro atoms. The SMILES string of the molecule is Oc1c(F)cc(-c2cccc(Cc3c(-c4ccccc4)nn4cc(Cl)ccc34)n2)cc1F.